The van der Waals surface area contributed by atoms with Gasteiger partial charge in [-0.15, -0.1) is 0 Å². The molecule has 1 atom stereocenters. The van der Waals surface area contributed by atoms with Gasteiger partial charge in [-0.05, 0) is 42.2 Å². The maximum Gasteiger partial charge on any atom is 0.338 e. The van der Waals surface area contributed by atoms with Gasteiger partial charge in [0.25, 0.3) is 0 Å². The number of nitrogens with zero attached hydrogens (tertiary/aromatic N) is 1. The predicted octanol–water partition coefficient (Wildman–Crippen LogP) is 5.71. The average molecular weight is 477 g/mol. The maximum atomic E-state index is 13.0. The summed E-state index contributed by atoms with van der Waals surface area (Å²) in [4.78, 5) is 27.1. The highest BCUT2D eigenvalue weighted by molar-refractivity contribution is 6.42. The summed E-state index contributed by atoms with van der Waals surface area (Å²) in [5.41, 5.74) is 2.36. The number of carbonyl (C=O) groups excluding carboxylic acids is 2. The second-order valence-electron chi connectivity index (χ2n) is 7.68. The molecule has 0 saturated carbocycles. The zero-order valence-electron chi connectivity index (χ0n) is 18.4. The smallest absolute Gasteiger partial charge is 0.338 e. The summed E-state index contributed by atoms with van der Waals surface area (Å²) >= 11 is 12.3. The lowest BCUT2D eigenvalue weighted by Gasteiger charge is -2.34. The number of halogens is 2. The third-order valence-electron chi connectivity index (χ3n) is 5.25. The highest BCUT2D eigenvalue weighted by atomic mass is 35.5. The molecule has 170 valence electrons. The number of benzene rings is 2. The molecule has 0 aromatic heterocycles. The number of rotatable bonds is 7. The van der Waals surface area contributed by atoms with Gasteiger partial charge in [-0.1, -0.05) is 61.3 Å². The molecule has 1 heterocycles. The minimum atomic E-state index is -0.758. The van der Waals surface area contributed by atoms with Crippen LogP contribution in [0.5, 0.6) is 5.75 Å². The van der Waals surface area contributed by atoms with Crippen LogP contribution in [0.25, 0.3) is 0 Å². The first-order chi connectivity index (χ1) is 15.2. The van der Waals surface area contributed by atoms with E-state index in [2.05, 4.69) is 19.2 Å². The van der Waals surface area contributed by atoms with Gasteiger partial charge in [0.15, 0.2) is 0 Å². The minimum absolute atomic E-state index is 0.0135. The van der Waals surface area contributed by atoms with Crippen LogP contribution >= 0.6 is 23.2 Å². The topological polar surface area (TPSA) is 67.9 Å². The molecule has 0 spiro atoms. The van der Waals surface area contributed by atoms with Crippen LogP contribution in [0.3, 0.4) is 0 Å². The summed E-state index contributed by atoms with van der Waals surface area (Å²) in [6.07, 6.45) is 0. The van der Waals surface area contributed by atoms with Gasteiger partial charge in [-0.2, -0.15) is 0 Å². The number of hydrogen-bond donors (Lipinski definition) is 1. The van der Waals surface area contributed by atoms with E-state index in [-0.39, 0.29) is 30.7 Å². The second kappa shape index (κ2) is 10.3. The Morgan fingerprint density at radius 1 is 1.16 bits per heavy atom. The summed E-state index contributed by atoms with van der Waals surface area (Å²) in [7, 11) is 1.59. The Kier molecular flexibility index (Phi) is 7.69. The summed E-state index contributed by atoms with van der Waals surface area (Å²) in [5, 5.41) is 3.55. The molecule has 6 nitrogen and oxygen atoms in total. The van der Waals surface area contributed by atoms with E-state index < -0.39 is 12.0 Å². The molecule has 0 unspecified atom stereocenters. The van der Waals surface area contributed by atoms with Crippen LogP contribution < -0.4 is 10.1 Å². The Hall–Kier alpha value is -2.70. The summed E-state index contributed by atoms with van der Waals surface area (Å²) in [5.74, 6) is 0.413. The van der Waals surface area contributed by atoms with E-state index in [1.54, 1.807) is 32.2 Å². The van der Waals surface area contributed by atoms with Crippen molar-refractivity contribution in [1.82, 2.24) is 10.2 Å². The summed E-state index contributed by atoms with van der Waals surface area (Å²) in [6.45, 7) is 6.09. The van der Waals surface area contributed by atoms with E-state index in [0.717, 1.165) is 5.56 Å². The molecule has 32 heavy (non-hydrogen) atoms. The molecular weight excluding hydrogens is 451 g/mol. The van der Waals surface area contributed by atoms with Gasteiger partial charge in [0.2, 0.25) is 0 Å². The number of amides is 2. The molecule has 3 rings (SSSR count). The molecule has 2 aromatic carbocycles. The molecule has 2 amide bonds. The van der Waals surface area contributed by atoms with Crippen molar-refractivity contribution in [2.24, 2.45) is 0 Å². The molecule has 0 fully saturated rings. The van der Waals surface area contributed by atoms with Crippen molar-refractivity contribution >= 4 is 35.2 Å². The third-order valence-corrected chi connectivity index (χ3v) is 5.99. The van der Waals surface area contributed by atoms with Gasteiger partial charge in [0, 0.05) is 7.05 Å². The molecule has 0 bridgehead atoms. The fourth-order valence-electron chi connectivity index (χ4n) is 3.56. The lowest BCUT2D eigenvalue weighted by atomic mass is 9.94. The number of ether oxygens (including phenoxy) is 2. The number of carbonyl (C=O) groups is 2. The first kappa shape index (κ1) is 24.0. The molecule has 0 radical (unpaired) electrons. The van der Waals surface area contributed by atoms with E-state index in [4.69, 9.17) is 32.7 Å². The Morgan fingerprint density at radius 3 is 2.53 bits per heavy atom. The Morgan fingerprint density at radius 2 is 1.88 bits per heavy atom. The molecule has 8 heteroatoms. The highest BCUT2D eigenvalue weighted by Crippen LogP contribution is 2.35. The quantitative estimate of drug-likeness (QED) is 0.519. The number of urea groups is 1. The van der Waals surface area contributed by atoms with Crippen molar-refractivity contribution in [3.8, 4) is 5.75 Å². The Labute approximate surface area is 198 Å². The highest BCUT2D eigenvalue weighted by Gasteiger charge is 2.37. The van der Waals surface area contributed by atoms with Crippen LogP contribution in [-0.4, -0.2) is 37.2 Å². The minimum Gasteiger partial charge on any atom is -0.487 e. The predicted molar refractivity (Wildman–Crippen MR) is 125 cm³/mol. The van der Waals surface area contributed by atoms with E-state index in [9.17, 15) is 9.59 Å². The fraction of sp³-hybridized carbons (Fsp3) is 0.333. The van der Waals surface area contributed by atoms with Crippen LogP contribution in [0.2, 0.25) is 10.0 Å². The third kappa shape index (κ3) is 5.03. The van der Waals surface area contributed by atoms with Crippen molar-refractivity contribution in [2.75, 3.05) is 20.3 Å². The molecule has 1 aliphatic heterocycles. The number of likely N-dealkylation sites (N-methyl/N-ethyl adjacent to an activating group) is 1. The Bertz CT molecular complexity index is 1050. The zero-order chi connectivity index (χ0) is 23.4. The number of para-hydroxylation sites is 1. The second-order valence-corrected chi connectivity index (χ2v) is 8.49. The first-order valence-electron chi connectivity index (χ1n) is 10.4. The van der Waals surface area contributed by atoms with Crippen LogP contribution in [0.4, 0.5) is 4.79 Å². The van der Waals surface area contributed by atoms with Crippen LogP contribution in [0, 0.1) is 0 Å². The monoisotopic (exact) mass is 476 g/mol. The number of esters is 1. The summed E-state index contributed by atoms with van der Waals surface area (Å²) < 4.78 is 11.4. The van der Waals surface area contributed by atoms with Gasteiger partial charge >= 0.3 is 12.0 Å². The van der Waals surface area contributed by atoms with Crippen molar-refractivity contribution < 1.29 is 19.1 Å². The van der Waals surface area contributed by atoms with Crippen molar-refractivity contribution in [3.63, 3.8) is 0 Å². The van der Waals surface area contributed by atoms with E-state index in [1.807, 2.05) is 24.3 Å². The van der Waals surface area contributed by atoms with Crippen molar-refractivity contribution in [3.05, 3.63) is 74.9 Å². The van der Waals surface area contributed by atoms with E-state index >= 15 is 0 Å². The van der Waals surface area contributed by atoms with Crippen LogP contribution in [0.15, 0.2) is 53.7 Å². The van der Waals surface area contributed by atoms with Crippen molar-refractivity contribution in [2.45, 2.75) is 32.7 Å². The molecule has 1 N–H and O–H groups in total. The van der Waals surface area contributed by atoms with E-state index in [1.165, 1.54) is 4.90 Å². The largest absolute Gasteiger partial charge is 0.487 e. The summed E-state index contributed by atoms with van der Waals surface area (Å²) in [6, 6.07) is 11.6. The van der Waals surface area contributed by atoms with Gasteiger partial charge in [0.05, 0.1) is 34.0 Å². The standard InChI is InChI=1S/C24H26Cl2N2O4/c1-5-31-23(29)21-19(13-32-20-9-7-6-8-16(20)14(2)3)28(4)24(30)27-22(21)15-10-11-17(25)18(26)12-15/h6-12,14,22H,5,13H2,1-4H3,(H,27,30)/t22-/m0/s1. The normalized spacial score (nSPS) is 16.3. The first-order valence-corrected chi connectivity index (χ1v) is 11.1. The van der Waals surface area contributed by atoms with Crippen LogP contribution in [0.1, 0.15) is 43.9 Å². The molecular formula is C24H26Cl2N2O4. The molecule has 2 aromatic rings. The lowest BCUT2D eigenvalue weighted by Crippen LogP contribution is -2.48. The molecule has 1 aliphatic rings. The Balaban J connectivity index is 2.07. The van der Waals surface area contributed by atoms with E-state index in [0.29, 0.717) is 27.1 Å². The van der Waals surface area contributed by atoms with Crippen LogP contribution in [-0.2, 0) is 9.53 Å². The maximum absolute atomic E-state index is 13.0. The van der Waals surface area contributed by atoms with Gasteiger partial charge in [-0.3, -0.25) is 4.90 Å². The van der Waals surface area contributed by atoms with Gasteiger partial charge in [-0.25, -0.2) is 9.59 Å². The zero-order valence-corrected chi connectivity index (χ0v) is 20.0. The average Bonchev–Trinajstić information content (AvgIpc) is 2.76. The SMILES string of the molecule is CCOC(=O)C1=C(COc2ccccc2C(C)C)N(C)C(=O)N[C@H]1c1ccc(Cl)c(Cl)c1. The molecule has 0 saturated heterocycles. The van der Waals surface area contributed by atoms with Gasteiger partial charge < -0.3 is 14.8 Å². The van der Waals surface area contributed by atoms with Gasteiger partial charge in [0.1, 0.15) is 12.4 Å². The fourth-order valence-corrected chi connectivity index (χ4v) is 3.86. The molecule has 0 aliphatic carbocycles. The number of hydrogen-bond acceptors (Lipinski definition) is 4. The van der Waals surface area contributed by atoms with Crippen molar-refractivity contribution in [1.29, 1.82) is 0 Å². The number of nitrogens with one attached hydrogen (secondary N) is 1. The lowest BCUT2D eigenvalue weighted by molar-refractivity contribution is -0.139.